The minimum absolute atomic E-state index is 0.628. The number of furan rings is 1. The average molecular weight is 773 g/mol. The van der Waals surface area contributed by atoms with Crippen LogP contribution in [0.5, 0.6) is 0 Å². The summed E-state index contributed by atoms with van der Waals surface area (Å²) in [4.78, 5) is 15.1. The summed E-state index contributed by atoms with van der Waals surface area (Å²) in [7, 11) is 0. The molecule has 0 saturated heterocycles. The first kappa shape index (κ1) is 35.5. The Morgan fingerprint density at radius 3 is 1.83 bits per heavy atom. The largest absolute Gasteiger partial charge is 0.456 e. The topological polar surface area (TPSA) is 56.7 Å². The third-order valence-electron chi connectivity index (χ3n) is 11.7. The lowest BCUT2D eigenvalue weighted by Crippen LogP contribution is -2.01. The number of para-hydroxylation sites is 2. The Kier molecular flexibility index (Phi) is 8.85. The highest BCUT2D eigenvalue weighted by Crippen LogP contribution is 2.41. The maximum absolute atomic E-state index is 6.61. The molecule has 11 aromatic rings. The first-order valence-electron chi connectivity index (χ1n) is 20.8. The van der Waals surface area contributed by atoms with Gasteiger partial charge < -0.3 is 8.98 Å². The second-order valence-corrected chi connectivity index (χ2v) is 15.4. The van der Waals surface area contributed by atoms with Crippen molar-refractivity contribution in [2.24, 2.45) is 0 Å². The lowest BCUT2D eigenvalue weighted by molar-refractivity contribution is 0.658. The minimum Gasteiger partial charge on any atom is -0.456 e. The van der Waals surface area contributed by atoms with Gasteiger partial charge in [-0.15, -0.1) is 0 Å². The molecule has 3 heterocycles. The SMILES string of the molecule is CCCCc1cccc2c1oc1cccc(-c3ccc4c5ccccc5n(-c5cccc(-c6ccccc6-c6nc(-c7ccccc7)nc(-c7ccccc7)n6)c5)c4c3)c12. The molecule has 0 bridgehead atoms. The molecule has 0 aliphatic carbocycles. The maximum atomic E-state index is 6.61. The number of fused-ring (bicyclic) bond motifs is 6. The molecule has 286 valence electrons. The third-order valence-corrected chi connectivity index (χ3v) is 11.7. The van der Waals surface area contributed by atoms with Gasteiger partial charge in [-0.25, -0.2) is 15.0 Å². The normalized spacial score (nSPS) is 11.6. The van der Waals surface area contributed by atoms with E-state index in [9.17, 15) is 0 Å². The highest BCUT2D eigenvalue weighted by Gasteiger charge is 2.20. The number of nitrogens with zero attached hydrogens (tertiary/aromatic N) is 4. The van der Waals surface area contributed by atoms with Gasteiger partial charge in [-0.3, -0.25) is 0 Å². The number of hydrogen-bond donors (Lipinski definition) is 0. The molecular formula is C55H40N4O. The first-order valence-corrected chi connectivity index (χ1v) is 20.8. The molecular weight excluding hydrogens is 733 g/mol. The lowest BCUT2D eigenvalue weighted by Gasteiger charge is -2.14. The molecule has 8 aromatic carbocycles. The summed E-state index contributed by atoms with van der Waals surface area (Å²) in [5, 5.41) is 4.75. The van der Waals surface area contributed by atoms with E-state index in [1.54, 1.807) is 0 Å². The van der Waals surface area contributed by atoms with Crippen molar-refractivity contribution in [1.82, 2.24) is 19.5 Å². The summed E-state index contributed by atoms with van der Waals surface area (Å²) in [5.74, 6) is 1.91. The van der Waals surface area contributed by atoms with E-state index in [2.05, 4.69) is 139 Å². The predicted molar refractivity (Wildman–Crippen MR) is 247 cm³/mol. The molecule has 0 spiro atoms. The van der Waals surface area contributed by atoms with E-state index >= 15 is 0 Å². The zero-order valence-electron chi connectivity index (χ0n) is 33.2. The van der Waals surface area contributed by atoms with Crippen molar-refractivity contribution in [3.05, 3.63) is 194 Å². The number of benzene rings is 8. The fourth-order valence-corrected chi connectivity index (χ4v) is 8.80. The second kappa shape index (κ2) is 14.9. The van der Waals surface area contributed by atoms with Gasteiger partial charge in [0.15, 0.2) is 17.5 Å². The quantitative estimate of drug-likeness (QED) is 0.147. The van der Waals surface area contributed by atoms with Crippen LogP contribution in [0.25, 0.3) is 106 Å². The molecule has 5 heteroatoms. The molecule has 5 nitrogen and oxygen atoms in total. The zero-order valence-corrected chi connectivity index (χ0v) is 33.2. The predicted octanol–water partition coefficient (Wildman–Crippen LogP) is 14.5. The zero-order chi connectivity index (χ0) is 40.0. The Bertz CT molecular complexity index is 3310. The van der Waals surface area contributed by atoms with Gasteiger partial charge in [0.25, 0.3) is 0 Å². The molecule has 0 aliphatic rings. The molecule has 0 radical (unpaired) electrons. The van der Waals surface area contributed by atoms with E-state index in [1.165, 1.54) is 27.3 Å². The van der Waals surface area contributed by atoms with Gasteiger partial charge in [-0.1, -0.05) is 171 Å². The number of aryl methyl sites for hydroxylation is 1. The van der Waals surface area contributed by atoms with Crippen molar-refractivity contribution in [3.63, 3.8) is 0 Å². The molecule has 0 N–H and O–H groups in total. The van der Waals surface area contributed by atoms with Crippen molar-refractivity contribution in [1.29, 1.82) is 0 Å². The molecule has 60 heavy (non-hydrogen) atoms. The molecule has 0 atom stereocenters. The van der Waals surface area contributed by atoms with Crippen LogP contribution in [0, 0.1) is 0 Å². The van der Waals surface area contributed by atoms with Gasteiger partial charge >= 0.3 is 0 Å². The van der Waals surface area contributed by atoms with Gasteiger partial charge in [-0.05, 0) is 71.0 Å². The summed E-state index contributed by atoms with van der Waals surface area (Å²) in [6.45, 7) is 2.24. The van der Waals surface area contributed by atoms with Crippen molar-refractivity contribution >= 4 is 43.7 Å². The lowest BCUT2D eigenvalue weighted by atomic mass is 9.97. The highest BCUT2D eigenvalue weighted by molar-refractivity contribution is 6.15. The van der Waals surface area contributed by atoms with Crippen molar-refractivity contribution in [2.45, 2.75) is 26.2 Å². The Hall–Kier alpha value is -7.63. The number of rotatable bonds is 9. The molecule has 0 fully saturated rings. The summed E-state index contributed by atoms with van der Waals surface area (Å²) >= 11 is 0. The van der Waals surface area contributed by atoms with Crippen LogP contribution in [-0.4, -0.2) is 19.5 Å². The van der Waals surface area contributed by atoms with Crippen LogP contribution in [0.2, 0.25) is 0 Å². The van der Waals surface area contributed by atoms with Crippen LogP contribution in [-0.2, 0) is 6.42 Å². The monoisotopic (exact) mass is 772 g/mol. The molecule has 3 aromatic heterocycles. The van der Waals surface area contributed by atoms with Gasteiger partial charge in [0, 0.05) is 43.9 Å². The third kappa shape index (κ3) is 6.14. The van der Waals surface area contributed by atoms with Crippen molar-refractivity contribution in [3.8, 4) is 62.1 Å². The molecule has 0 amide bonds. The fraction of sp³-hybridized carbons (Fsp3) is 0.0727. The summed E-state index contributed by atoms with van der Waals surface area (Å²) in [6, 6.07) is 66.2. The van der Waals surface area contributed by atoms with E-state index in [4.69, 9.17) is 19.4 Å². The smallest absolute Gasteiger partial charge is 0.164 e. The van der Waals surface area contributed by atoms with Crippen LogP contribution >= 0.6 is 0 Å². The van der Waals surface area contributed by atoms with Gasteiger partial charge in [-0.2, -0.15) is 0 Å². The minimum atomic E-state index is 0.628. The van der Waals surface area contributed by atoms with Crippen molar-refractivity contribution in [2.75, 3.05) is 0 Å². The van der Waals surface area contributed by atoms with Gasteiger partial charge in [0.2, 0.25) is 0 Å². The Morgan fingerprint density at radius 2 is 1.05 bits per heavy atom. The van der Waals surface area contributed by atoms with Crippen LogP contribution in [0.4, 0.5) is 0 Å². The van der Waals surface area contributed by atoms with Gasteiger partial charge in [0.1, 0.15) is 11.2 Å². The van der Waals surface area contributed by atoms with Crippen LogP contribution in [0.3, 0.4) is 0 Å². The Balaban J connectivity index is 1.07. The van der Waals surface area contributed by atoms with Crippen LogP contribution < -0.4 is 0 Å². The fourth-order valence-electron chi connectivity index (χ4n) is 8.80. The molecule has 0 aliphatic heterocycles. The Labute approximate surface area is 348 Å². The molecule has 0 saturated carbocycles. The number of aromatic nitrogens is 4. The maximum Gasteiger partial charge on any atom is 0.164 e. The van der Waals surface area contributed by atoms with E-state index in [-0.39, 0.29) is 0 Å². The highest BCUT2D eigenvalue weighted by atomic mass is 16.3. The summed E-state index contributed by atoms with van der Waals surface area (Å²) < 4.78 is 9.01. The number of unbranched alkanes of at least 4 members (excludes halogenated alkanes) is 1. The van der Waals surface area contributed by atoms with Crippen LogP contribution in [0.15, 0.2) is 192 Å². The van der Waals surface area contributed by atoms with Crippen LogP contribution in [0.1, 0.15) is 25.3 Å². The van der Waals surface area contributed by atoms with E-state index in [1.807, 2.05) is 60.7 Å². The standard InChI is InChI=1S/C55H40N4O/c1-2-3-17-36-22-15-29-47-51-43(28-16-31-50(51)60-52(36)47)40-32-33-45-44-26-12-13-30-48(44)59(49(45)35-40)41-24-14-23-39(34-41)42-25-10-11-27-46(42)55-57-53(37-18-6-4-7-19-37)56-54(58-55)38-20-8-5-9-21-38/h4-16,18-35H,2-3,17H2,1H3. The molecule has 0 unspecified atom stereocenters. The van der Waals surface area contributed by atoms with E-state index in [0.29, 0.717) is 17.5 Å². The first-order chi connectivity index (χ1) is 29.7. The van der Waals surface area contributed by atoms with Gasteiger partial charge in [0.05, 0.1) is 11.0 Å². The molecule has 11 rings (SSSR count). The Morgan fingerprint density at radius 1 is 0.450 bits per heavy atom. The van der Waals surface area contributed by atoms with Crippen molar-refractivity contribution < 1.29 is 4.42 Å². The van der Waals surface area contributed by atoms with E-state index in [0.717, 1.165) is 85.9 Å². The number of hydrogen-bond acceptors (Lipinski definition) is 4. The average Bonchev–Trinajstić information content (AvgIpc) is 3.87. The second-order valence-electron chi connectivity index (χ2n) is 15.4. The summed E-state index contributed by atoms with van der Waals surface area (Å²) in [5.41, 5.74) is 13.8. The van der Waals surface area contributed by atoms with E-state index < -0.39 is 0 Å². The summed E-state index contributed by atoms with van der Waals surface area (Å²) in [6.07, 6.45) is 3.30.